The number of ether oxygens (including phenoxy) is 1. The van der Waals surface area contributed by atoms with Gasteiger partial charge >= 0.3 is 0 Å². The van der Waals surface area contributed by atoms with Crippen LogP contribution in [-0.4, -0.2) is 19.1 Å². The van der Waals surface area contributed by atoms with Gasteiger partial charge in [-0.3, -0.25) is 4.79 Å². The predicted molar refractivity (Wildman–Crippen MR) is 91.5 cm³/mol. The van der Waals surface area contributed by atoms with Crippen LogP contribution in [0.25, 0.3) is 6.08 Å². The number of hydrogen-bond acceptors (Lipinski definition) is 2. The number of carbonyl (C=O) groups is 1. The minimum atomic E-state index is -0.334. The molecule has 3 nitrogen and oxygen atoms in total. The zero-order valence-electron chi connectivity index (χ0n) is 13.5. The van der Waals surface area contributed by atoms with Gasteiger partial charge < -0.3 is 9.64 Å². The summed E-state index contributed by atoms with van der Waals surface area (Å²) in [4.78, 5) is 14.9. The number of amides is 1. The SMILES string of the molecule is CC1Cc2ccccc2N(C(=O)C2=Cc3cc(F)ccc3OC2)C1. The molecule has 0 bridgehead atoms. The maximum Gasteiger partial charge on any atom is 0.257 e. The molecule has 0 N–H and O–H groups in total. The Labute approximate surface area is 140 Å². The van der Waals surface area contributed by atoms with E-state index in [1.807, 2.05) is 23.1 Å². The number of carbonyl (C=O) groups excluding carboxylic acids is 1. The number of fused-ring (bicyclic) bond motifs is 2. The van der Waals surface area contributed by atoms with E-state index in [9.17, 15) is 9.18 Å². The molecule has 1 atom stereocenters. The van der Waals surface area contributed by atoms with Gasteiger partial charge in [0.2, 0.25) is 0 Å². The van der Waals surface area contributed by atoms with Gasteiger partial charge in [-0.15, -0.1) is 0 Å². The first-order valence-corrected chi connectivity index (χ1v) is 8.14. The molecular formula is C20H18FNO2. The third-order valence-corrected chi connectivity index (χ3v) is 4.55. The van der Waals surface area contributed by atoms with Gasteiger partial charge in [0.1, 0.15) is 18.2 Å². The molecule has 2 aliphatic rings. The Hall–Kier alpha value is -2.62. The second kappa shape index (κ2) is 5.78. The maximum atomic E-state index is 13.4. The van der Waals surface area contributed by atoms with Gasteiger partial charge in [0, 0.05) is 17.8 Å². The standard InChI is InChI=1S/C20H18FNO2/c1-13-8-14-4-2-3-5-18(14)22(11-13)20(23)16-9-15-10-17(21)6-7-19(15)24-12-16/h2-7,9-10,13H,8,11-12H2,1H3. The first-order chi connectivity index (χ1) is 11.6. The van der Waals surface area contributed by atoms with Gasteiger partial charge in [0.25, 0.3) is 5.91 Å². The third kappa shape index (κ3) is 2.58. The van der Waals surface area contributed by atoms with Crippen LogP contribution in [0.4, 0.5) is 10.1 Å². The normalized spacial score (nSPS) is 19.0. The van der Waals surface area contributed by atoms with Crippen molar-refractivity contribution in [1.82, 2.24) is 0 Å². The Kier molecular flexibility index (Phi) is 3.60. The highest BCUT2D eigenvalue weighted by atomic mass is 19.1. The lowest BCUT2D eigenvalue weighted by Gasteiger charge is -2.34. The number of anilines is 1. The van der Waals surface area contributed by atoms with Crippen LogP contribution in [-0.2, 0) is 11.2 Å². The van der Waals surface area contributed by atoms with Crippen molar-refractivity contribution < 1.29 is 13.9 Å². The van der Waals surface area contributed by atoms with E-state index in [-0.39, 0.29) is 18.3 Å². The molecule has 2 aromatic rings. The van der Waals surface area contributed by atoms with E-state index in [2.05, 4.69) is 13.0 Å². The summed E-state index contributed by atoms with van der Waals surface area (Å²) in [6, 6.07) is 12.4. The lowest BCUT2D eigenvalue weighted by molar-refractivity contribution is -0.115. The monoisotopic (exact) mass is 323 g/mol. The molecule has 122 valence electrons. The molecule has 1 unspecified atom stereocenters. The Bertz CT molecular complexity index is 843. The Balaban J connectivity index is 1.70. The smallest absolute Gasteiger partial charge is 0.257 e. The van der Waals surface area contributed by atoms with Crippen molar-refractivity contribution in [3.63, 3.8) is 0 Å². The van der Waals surface area contributed by atoms with E-state index in [1.54, 1.807) is 12.1 Å². The number of para-hydroxylation sites is 1. The van der Waals surface area contributed by atoms with Crippen LogP contribution in [0.2, 0.25) is 0 Å². The van der Waals surface area contributed by atoms with Gasteiger partial charge in [0.15, 0.2) is 0 Å². The van der Waals surface area contributed by atoms with E-state index >= 15 is 0 Å². The van der Waals surface area contributed by atoms with Crippen molar-refractivity contribution in [3.8, 4) is 5.75 Å². The van der Waals surface area contributed by atoms with Crippen LogP contribution < -0.4 is 9.64 Å². The van der Waals surface area contributed by atoms with Gasteiger partial charge in [0.05, 0.1) is 5.57 Å². The highest BCUT2D eigenvalue weighted by molar-refractivity contribution is 6.09. The molecule has 0 spiro atoms. The number of nitrogens with zero attached hydrogens (tertiary/aromatic N) is 1. The minimum Gasteiger partial charge on any atom is -0.488 e. The predicted octanol–water partition coefficient (Wildman–Crippen LogP) is 3.83. The topological polar surface area (TPSA) is 29.5 Å². The second-order valence-corrected chi connectivity index (χ2v) is 6.49. The van der Waals surface area contributed by atoms with Crippen molar-refractivity contribution >= 4 is 17.7 Å². The summed E-state index contributed by atoms with van der Waals surface area (Å²) in [5, 5.41) is 0. The van der Waals surface area contributed by atoms with E-state index in [0.717, 1.165) is 12.1 Å². The largest absolute Gasteiger partial charge is 0.488 e. The first kappa shape index (κ1) is 14.9. The molecule has 4 rings (SSSR count). The van der Waals surface area contributed by atoms with E-state index in [4.69, 9.17) is 4.74 Å². The summed E-state index contributed by atoms with van der Waals surface area (Å²) in [5.74, 6) is 0.613. The van der Waals surface area contributed by atoms with Crippen molar-refractivity contribution in [2.45, 2.75) is 13.3 Å². The highest BCUT2D eigenvalue weighted by Crippen LogP contribution is 2.33. The van der Waals surface area contributed by atoms with Gasteiger partial charge in [-0.2, -0.15) is 0 Å². The van der Waals surface area contributed by atoms with Crippen LogP contribution >= 0.6 is 0 Å². The quantitative estimate of drug-likeness (QED) is 0.798. The van der Waals surface area contributed by atoms with E-state index in [0.29, 0.717) is 29.3 Å². The fourth-order valence-electron chi connectivity index (χ4n) is 3.43. The maximum absolute atomic E-state index is 13.4. The summed E-state index contributed by atoms with van der Waals surface area (Å²) in [6.45, 7) is 3.04. The van der Waals surface area contributed by atoms with Crippen LogP contribution in [0.1, 0.15) is 18.1 Å². The molecule has 0 saturated heterocycles. The zero-order chi connectivity index (χ0) is 16.7. The number of rotatable bonds is 1. The summed E-state index contributed by atoms with van der Waals surface area (Å²) in [7, 11) is 0. The Morgan fingerprint density at radius 3 is 2.96 bits per heavy atom. The van der Waals surface area contributed by atoms with Crippen molar-refractivity contribution in [3.05, 3.63) is 65.0 Å². The van der Waals surface area contributed by atoms with Crippen LogP contribution in [0.3, 0.4) is 0 Å². The lowest BCUT2D eigenvalue weighted by Crippen LogP contribution is -2.41. The van der Waals surface area contributed by atoms with E-state index < -0.39 is 0 Å². The molecule has 4 heteroatoms. The van der Waals surface area contributed by atoms with Crippen molar-refractivity contribution in [2.24, 2.45) is 5.92 Å². The summed E-state index contributed by atoms with van der Waals surface area (Å²) in [5.41, 5.74) is 3.32. The number of hydrogen-bond donors (Lipinski definition) is 0. The van der Waals surface area contributed by atoms with Gasteiger partial charge in [-0.05, 0) is 48.2 Å². The number of benzene rings is 2. The van der Waals surface area contributed by atoms with Gasteiger partial charge in [-0.25, -0.2) is 4.39 Å². The molecule has 0 fully saturated rings. The average molecular weight is 323 g/mol. The summed E-state index contributed by atoms with van der Waals surface area (Å²) in [6.07, 6.45) is 2.72. The number of halogens is 1. The molecule has 1 amide bonds. The van der Waals surface area contributed by atoms with Crippen LogP contribution in [0.5, 0.6) is 5.75 Å². The zero-order valence-corrected chi connectivity index (χ0v) is 13.5. The Morgan fingerprint density at radius 1 is 1.25 bits per heavy atom. The molecule has 2 heterocycles. The molecule has 24 heavy (non-hydrogen) atoms. The lowest BCUT2D eigenvalue weighted by atomic mass is 9.93. The molecule has 0 aliphatic carbocycles. The average Bonchev–Trinajstić information content (AvgIpc) is 2.59. The fourth-order valence-corrected chi connectivity index (χ4v) is 3.43. The molecule has 0 saturated carbocycles. The molecule has 0 aromatic heterocycles. The van der Waals surface area contributed by atoms with Crippen LogP contribution in [0.15, 0.2) is 48.0 Å². The first-order valence-electron chi connectivity index (χ1n) is 8.14. The summed E-state index contributed by atoms with van der Waals surface area (Å²) < 4.78 is 19.1. The highest BCUT2D eigenvalue weighted by Gasteiger charge is 2.29. The van der Waals surface area contributed by atoms with Gasteiger partial charge in [-0.1, -0.05) is 25.1 Å². The summed E-state index contributed by atoms with van der Waals surface area (Å²) >= 11 is 0. The molecular weight excluding hydrogens is 305 g/mol. The fraction of sp³-hybridized carbons (Fsp3) is 0.250. The molecule has 0 radical (unpaired) electrons. The second-order valence-electron chi connectivity index (χ2n) is 6.49. The molecule has 2 aromatic carbocycles. The molecule has 2 aliphatic heterocycles. The van der Waals surface area contributed by atoms with Crippen molar-refractivity contribution in [1.29, 1.82) is 0 Å². The Morgan fingerprint density at radius 2 is 2.08 bits per heavy atom. The van der Waals surface area contributed by atoms with Crippen molar-refractivity contribution in [2.75, 3.05) is 18.1 Å². The third-order valence-electron chi connectivity index (χ3n) is 4.55. The van der Waals surface area contributed by atoms with Crippen LogP contribution in [0, 0.1) is 11.7 Å². The van der Waals surface area contributed by atoms with E-state index in [1.165, 1.54) is 17.7 Å². The minimum absolute atomic E-state index is 0.0658.